The number of fused-ring (bicyclic) bond motifs is 1. The van der Waals surface area contributed by atoms with Gasteiger partial charge in [-0.15, -0.1) is 0 Å². The van der Waals surface area contributed by atoms with E-state index in [1.807, 2.05) is 0 Å². The van der Waals surface area contributed by atoms with E-state index in [-0.39, 0.29) is 34.8 Å². The second-order valence-corrected chi connectivity index (χ2v) is 6.51. The van der Waals surface area contributed by atoms with Crippen molar-refractivity contribution in [3.05, 3.63) is 56.8 Å². The van der Waals surface area contributed by atoms with Gasteiger partial charge in [-0.05, 0) is 17.7 Å². The SMILES string of the molecule is CCc1nc2sc(C(F)(F)F)nc2c(=O)n1NC(=O)Cc1ccc(F)cc1. The number of nitrogens with zero attached hydrogens (tertiary/aromatic N) is 3. The molecule has 1 aromatic carbocycles. The molecule has 2 aromatic heterocycles. The standard InChI is InChI=1S/C16H12F4N4O2S/c1-2-10-21-13-12(22-15(27-13)16(18,19)20)14(26)24(10)23-11(25)7-8-3-5-9(17)6-4-8/h3-6H,2,7H2,1H3,(H,23,25). The van der Waals surface area contributed by atoms with Crippen LogP contribution >= 0.6 is 11.3 Å². The molecule has 27 heavy (non-hydrogen) atoms. The van der Waals surface area contributed by atoms with Gasteiger partial charge in [0.05, 0.1) is 6.42 Å². The first-order valence-corrected chi connectivity index (χ1v) is 8.54. The summed E-state index contributed by atoms with van der Waals surface area (Å²) >= 11 is 0.271. The van der Waals surface area contributed by atoms with Crippen LogP contribution in [0.15, 0.2) is 29.1 Å². The minimum Gasteiger partial charge on any atom is -0.273 e. The summed E-state index contributed by atoms with van der Waals surface area (Å²) in [5.41, 5.74) is 1.47. The third-order valence-electron chi connectivity index (χ3n) is 3.58. The van der Waals surface area contributed by atoms with Crippen LogP contribution in [0.4, 0.5) is 17.6 Å². The van der Waals surface area contributed by atoms with Gasteiger partial charge >= 0.3 is 6.18 Å². The first-order valence-electron chi connectivity index (χ1n) is 7.73. The maximum atomic E-state index is 12.9. The average Bonchev–Trinajstić information content (AvgIpc) is 3.04. The van der Waals surface area contributed by atoms with Crippen molar-refractivity contribution < 1.29 is 22.4 Å². The Kier molecular flexibility index (Phi) is 4.96. The Hall–Kier alpha value is -2.82. The zero-order valence-corrected chi connectivity index (χ0v) is 14.6. The maximum absolute atomic E-state index is 12.9. The number of hydrogen-bond acceptors (Lipinski definition) is 5. The molecule has 0 aliphatic heterocycles. The summed E-state index contributed by atoms with van der Waals surface area (Å²) in [5, 5.41) is -1.18. The Morgan fingerprint density at radius 1 is 1.22 bits per heavy atom. The maximum Gasteiger partial charge on any atom is 0.443 e. The summed E-state index contributed by atoms with van der Waals surface area (Å²) in [5.74, 6) is -0.967. The van der Waals surface area contributed by atoms with Crippen molar-refractivity contribution in [1.82, 2.24) is 14.6 Å². The Morgan fingerprint density at radius 3 is 2.48 bits per heavy atom. The van der Waals surface area contributed by atoms with Gasteiger partial charge in [0.2, 0.25) is 10.9 Å². The summed E-state index contributed by atoms with van der Waals surface area (Å²) in [6.07, 6.45) is -4.65. The lowest BCUT2D eigenvalue weighted by Crippen LogP contribution is -2.37. The highest BCUT2D eigenvalue weighted by Gasteiger charge is 2.36. The number of rotatable bonds is 4. The van der Waals surface area contributed by atoms with Crippen LogP contribution in [-0.4, -0.2) is 20.6 Å². The molecule has 0 unspecified atom stereocenters. The number of thiazole rings is 1. The smallest absolute Gasteiger partial charge is 0.273 e. The predicted molar refractivity (Wildman–Crippen MR) is 90.5 cm³/mol. The van der Waals surface area contributed by atoms with E-state index in [0.717, 1.165) is 4.68 Å². The van der Waals surface area contributed by atoms with E-state index in [9.17, 15) is 27.2 Å². The van der Waals surface area contributed by atoms with Crippen molar-refractivity contribution in [2.75, 3.05) is 5.43 Å². The zero-order valence-electron chi connectivity index (χ0n) is 13.8. The Labute approximate surface area is 153 Å². The van der Waals surface area contributed by atoms with Crippen molar-refractivity contribution >= 4 is 27.6 Å². The minimum atomic E-state index is -4.69. The first-order chi connectivity index (χ1) is 12.7. The molecule has 3 rings (SSSR count). The van der Waals surface area contributed by atoms with Crippen LogP contribution in [0.3, 0.4) is 0 Å². The quantitative estimate of drug-likeness (QED) is 0.684. The van der Waals surface area contributed by atoms with Crippen molar-refractivity contribution in [3.8, 4) is 0 Å². The molecule has 142 valence electrons. The van der Waals surface area contributed by atoms with E-state index in [1.165, 1.54) is 24.3 Å². The Balaban J connectivity index is 1.95. The van der Waals surface area contributed by atoms with Crippen LogP contribution < -0.4 is 11.0 Å². The van der Waals surface area contributed by atoms with Crippen LogP contribution in [0.1, 0.15) is 23.3 Å². The monoisotopic (exact) mass is 400 g/mol. The number of carbonyl (C=O) groups excluding carboxylic acids is 1. The predicted octanol–water partition coefficient (Wildman–Crippen LogP) is 2.89. The molecule has 1 amide bonds. The van der Waals surface area contributed by atoms with E-state index >= 15 is 0 Å². The molecule has 3 aromatic rings. The minimum absolute atomic E-state index is 0.0948. The lowest BCUT2D eigenvalue weighted by Gasteiger charge is -2.12. The fourth-order valence-electron chi connectivity index (χ4n) is 2.34. The van der Waals surface area contributed by atoms with E-state index in [1.54, 1.807) is 6.92 Å². The molecule has 0 atom stereocenters. The highest BCUT2D eigenvalue weighted by atomic mass is 32.1. The Bertz CT molecular complexity index is 1060. The van der Waals surface area contributed by atoms with Gasteiger partial charge in [-0.1, -0.05) is 30.4 Å². The first kappa shape index (κ1) is 19.0. The number of nitrogens with one attached hydrogen (secondary N) is 1. The lowest BCUT2D eigenvalue weighted by molar-refractivity contribution is -0.137. The third-order valence-corrected chi connectivity index (χ3v) is 4.57. The average molecular weight is 400 g/mol. The molecular formula is C16H12F4N4O2S. The summed E-state index contributed by atoms with van der Waals surface area (Å²) in [7, 11) is 0. The highest BCUT2D eigenvalue weighted by molar-refractivity contribution is 7.18. The molecule has 6 nitrogen and oxygen atoms in total. The molecule has 11 heteroatoms. The largest absolute Gasteiger partial charge is 0.443 e. The fourth-order valence-corrected chi connectivity index (χ4v) is 3.16. The van der Waals surface area contributed by atoms with Gasteiger partial charge in [0.1, 0.15) is 11.6 Å². The fraction of sp³-hybridized carbons (Fsp3) is 0.250. The number of carbonyl (C=O) groups is 1. The molecule has 0 fully saturated rings. The second-order valence-electron chi connectivity index (χ2n) is 5.53. The van der Waals surface area contributed by atoms with Crippen LogP contribution in [0, 0.1) is 5.82 Å². The van der Waals surface area contributed by atoms with Crippen LogP contribution in [0.25, 0.3) is 10.3 Å². The summed E-state index contributed by atoms with van der Waals surface area (Å²) in [6.45, 7) is 1.64. The molecular weight excluding hydrogens is 388 g/mol. The normalized spacial score (nSPS) is 11.7. The third kappa shape index (κ3) is 3.97. The Morgan fingerprint density at radius 2 is 1.89 bits per heavy atom. The van der Waals surface area contributed by atoms with Crippen LogP contribution in [-0.2, 0) is 23.8 Å². The van der Waals surface area contributed by atoms with E-state index < -0.39 is 34.0 Å². The topological polar surface area (TPSA) is 76.9 Å². The molecule has 0 bridgehead atoms. The number of benzene rings is 1. The van der Waals surface area contributed by atoms with Crippen molar-refractivity contribution in [3.63, 3.8) is 0 Å². The van der Waals surface area contributed by atoms with Crippen molar-refractivity contribution in [2.45, 2.75) is 25.9 Å². The van der Waals surface area contributed by atoms with Crippen molar-refractivity contribution in [1.29, 1.82) is 0 Å². The summed E-state index contributed by atoms with van der Waals surface area (Å²) in [6, 6.07) is 5.20. The van der Waals surface area contributed by atoms with Gasteiger partial charge in [0.25, 0.3) is 5.56 Å². The van der Waals surface area contributed by atoms with E-state index in [0.29, 0.717) is 5.56 Å². The number of aromatic nitrogens is 3. The van der Waals surface area contributed by atoms with Crippen molar-refractivity contribution in [2.24, 2.45) is 0 Å². The lowest BCUT2D eigenvalue weighted by atomic mass is 10.1. The molecule has 2 heterocycles. The van der Waals surface area contributed by atoms with Gasteiger partial charge in [-0.3, -0.25) is 15.0 Å². The molecule has 0 saturated heterocycles. The molecule has 1 N–H and O–H groups in total. The van der Waals surface area contributed by atoms with Crippen LogP contribution in [0.2, 0.25) is 0 Å². The molecule has 0 saturated carbocycles. The summed E-state index contributed by atoms with van der Waals surface area (Å²) < 4.78 is 52.2. The molecule has 0 aliphatic rings. The molecule has 0 aliphatic carbocycles. The molecule has 0 spiro atoms. The van der Waals surface area contributed by atoms with Gasteiger partial charge in [-0.25, -0.2) is 19.0 Å². The van der Waals surface area contributed by atoms with Gasteiger partial charge in [0, 0.05) is 6.42 Å². The number of halogens is 4. The number of hydrogen-bond donors (Lipinski definition) is 1. The van der Waals surface area contributed by atoms with Gasteiger partial charge in [-0.2, -0.15) is 13.2 Å². The molecule has 0 radical (unpaired) electrons. The van der Waals surface area contributed by atoms with E-state index in [4.69, 9.17) is 0 Å². The highest BCUT2D eigenvalue weighted by Crippen LogP contribution is 2.33. The number of alkyl halides is 3. The van der Waals surface area contributed by atoms with Gasteiger partial charge in [0.15, 0.2) is 10.3 Å². The number of amides is 1. The number of aryl methyl sites for hydroxylation is 1. The zero-order chi connectivity index (χ0) is 19.8. The van der Waals surface area contributed by atoms with Gasteiger partial charge < -0.3 is 0 Å². The summed E-state index contributed by atoms with van der Waals surface area (Å²) in [4.78, 5) is 31.9. The van der Waals surface area contributed by atoms with Crippen LogP contribution in [0.5, 0.6) is 0 Å². The second kappa shape index (κ2) is 7.06. The van der Waals surface area contributed by atoms with E-state index in [2.05, 4.69) is 15.4 Å².